The molecule has 2 nitrogen and oxygen atoms in total. The zero-order chi connectivity index (χ0) is 9.23. The molecule has 0 aliphatic rings. The van der Waals surface area contributed by atoms with Gasteiger partial charge in [0.2, 0.25) is 5.91 Å². The normalized spacial score (nSPS) is 17.5. The first-order valence-corrected chi connectivity index (χ1v) is 2.84. The van der Waals surface area contributed by atoms with Crippen LogP contribution in [0.5, 0.6) is 0 Å². The number of rotatable bonds is 2. The number of carbonyl (C=O) groups excluding carboxylic acids is 1. The number of nitrogens with two attached hydrogens (primary N) is 1. The van der Waals surface area contributed by atoms with E-state index in [2.05, 4.69) is 17.3 Å². The summed E-state index contributed by atoms with van der Waals surface area (Å²) in [5, 5.41) is 0. The Morgan fingerprint density at radius 1 is 1.45 bits per heavy atom. The van der Waals surface area contributed by atoms with Gasteiger partial charge in [0, 0.05) is 0 Å². The Labute approximate surface area is 64.3 Å². The Balaban J connectivity index is 4.49. The van der Waals surface area contributed by atoms with Crippen LogP contribution < -0.4 is 5.73 Å². The maximum Gasteiger partial charge on any atom is 0.404 e. The molecule has 0 bridgehead atoms. The van der Waals surface area contributed by atoms with Crippen LogP contribution in [-0.2, 0) is 4.79 Å². The van der Waals surface area contributed by atoms with Crippen LogP contribution in [0.4, 0.5) is 17.6 Å². The van der Waals surface area contributed by atoms with Crippen LogP contribution in [0.25, 0.3) is 0 Å². The molecule has 7 heteroatoms. The Morgan fingerprint density at radius 3 is 1.82 bits per heavy atom. The van der Waals surface area contributed by atoms with E-state index in [1.807, 2.05) is 0 Å². The second-order valence-electron chi connectivity index (χ2n) is 1.76. The largest absolute Gasteiger partial charge is 0.404 e. The van der Waals surface area contributed by atoms with Gasteiger partial charge in [0.1, 0.15) is 0 Å². The van der Waals surface area contributed by atoms with E-state index in [1.54, 1.807) is 0 Å². The predicted molar refractivity (Wildman–Crippen MR) is 29.5 cm³/mol. The molecule has 1 amide bonds. The van der Waals surface area contributed by atoms with Gasteiger partial charge in [-0.2, -0.15) is 13.2 Å². The molecular formula is C4H4ClF4NO. The number of carbonyl (C=O) groups is 1. The minimum absolute atomic E-state index is 1.82. The number of hydrogen-bond donors (Lipinski definition) is 1. The molecule has 0 fully saturated rings. The predicted octanol–water partition coefficient (Wildman–Crippen LogP) is 1.18. The molecule has 11 heavy (non-hydrogen) atoms. The zero-order valence-electron chi connectivity index (χ0n) is 5.03. The third kappa shape index (κ3) is 2.92. The zero-order valence-corrected chi connectivity index (χ0v) is 5.79. The van der Waals surface area contributed by atoms with E-state index in [4.69, 9.17) is 0 Å². The maximum atomic E-state index is 11.9. The van der Waals surface area contributed by atoms with Crippen LogP contribution in [0.3, 0.4) is 0 Å². The van der Waals surface area contributed by atoms with Gasteiger partial charge in [-0.3, -0.25) is 4.79 Å². The molecule has 2 unspecified atom stereocenters. The van der Waals surface area contributed by atoms with Crippen LogP contribution in [0.2, 0.25) is 0 Å². The molecular weight excluding hydrogens is 189 g/mol. The Morgan fingerprint density at radius 2 is 1.82 bits per heavy atom. The van der Waals surface area contributed by atoms with Crippen molar-refractivity contribution in [3.8, 4) is 0 Å². The van der Waals surface area contributed by atoms with Crippen molar-refractivity contribution in [2.75, 3.05) is 0 Å². The highest BCUT2D eigenvalue weighted by Gasteiger charge is 2.48. The SMILES string of the molecule is NC(=O)C(C(F)Cl)C(F)(F)F. The van der Waals surface area contributed by atoms with Crippen LogP contribution in [0.15, 0.2) is 0 Å². The molecule has 0 saturated heterocycles. The van der Waals surface area contributed by atoms with E-state index >= 15 is 0 Å². The highest BCUT2D eigenvalue weighted by atomic mass is 35.5. The first-order valence-electron chi connectivity index (χ1n) is 2.41. The van der Waals surface area contributed by atoms with E-state index < -0.39 is 23.6 Å². The fourth-order valence-electron chi connectivity index (χ4n) is 0.428. The number of halogens is 5. The maximum absolute atomic E-state index is 11.9. The van der Waals surface area contributed by atoms with Gasteiger partial charge < -0.3 is 5.73 Å². The highest BCUT2D eigenvalue weighted by molar-refractivity contribution is 6.21. The Hall–Kier alpha value is -0.520. The molecule has 66 valence electrons. The summed E-state index contributed by atoms with van der Waals surface area (Å²) in [7, 11) is 0. The quantitative estimate of drug-likeness (QED) is 0.520. The van der Waals surface area contributed by atoms with Gasteiger partial charge in [-0.15, -0.1) is 0 Å². The second-order valence-corrected chi connectivity index (χ2v) is 2.17. The lowest BCUT2D eigenvalue weighted by Crippen LogP contribution is -2.40. The summed E-state index contributed by atoms with van der Waals surface area (Å²) in [4.78, 5) is 9.97. The molecule has 0 aliphatic carbocycles. The number of primary amides is 1. The average molecular weight is 194 g/mol. The molecule has 0 heterocycles. The van der Waals surface area contributed by atoms with Crippen molar-refractivity contribution in [3.63, 3.8) is 0 Å². The topological polar surface area (TPSA) is 43.1 Å². The van der Waals surface area contributed by atoms with Gasteiger partial charge in [0.25, 0.3) is 0 Å². The molecule has 2 N–H and O–H groups in total. The van der Waals surface area contributed by atoms with Crippen molar-refractivity contribution in [3.05, 3.63) is 0 Å². The molecule has 0 rings (SSSR count). The van der Waals surface area contributed by atoms with Crippen molar-refractivity contribution >= 4 is 17.5 Å². The first-order chi connectivity index (χ1) is 4.76. The fourth-order valence-corrected chi connectivity index (χ4v) is 0.695. The molecule has 0 spiro atoms. The van der Waals surface area contributed by atoms with Crippen LogP contribution in [0, 0.1) is 5.92 Å². The smallest absolute Gasteiger partial charge is 0.369 e. The Kier molecular flexibility index (Phi) is 3.10. The monoisotopic (exact) mass is 193 g/mol. The number of hydrogen-bond acceptors (Lipinski definition) is 1. The summed E-state index contributed by atoms with van der Waals surface area (Å²) >= 11 is 4.44. The molecule has 0 aliphatic heterocycles. The van der Waals surface area contributed by atoms with Crippen LogP contribution >= 0.6 is 11.6 Å². The highest BCUT2D eigenvalue weighted by Crippen LogP contribution is 2.31. The van der Waals surface area contributed by atoms with Gasteiger partial charge in [-0.05, 0) is 0 Å². The molecule has 0 saturated carbocycles. The van der Waals surface area contributed by atoms with Crippen molar-refractivity contribution in [1.82, 2.24) is 0 Å². The summed E-state index contributed by atoms with van der Waals surface area (Å²) in [5.74, 6) is -4.75. The van der Waals surface area contributed by atoms with Crippen LogP contribution in [0.1, 0.15) is 0 Å². The van der Waals surface area contributed by atoms with E-state index in [0.29, 0.717) is 0 Å². The third-order valence-corrected chi connectivity index (χ3v) is 1.16. The van der Waals surface area contributed by atoms with Gasteiger partial charge in [-0.25, -0.2) is 4.39 Å². The van der Waals surface area contributed by atoms with Gasteiger partial charge in [-0.1, -0.05) is 11.6 Å². The molecule has 0 aromatic carbocycles. The summed E-state index contributed by atoms with van der Waals surface area (Å²) in [5.41, 5.74) is 1.41. The lowest BCUT2D eigenvalue weighted by Gasteiger charge is -2.15. The van der Waals surface area contributed by atoms with Gasteiger partial charge in [0.05, 0.1) is 0 Å². The van der Waals surface area contributed by atoms with Crippen LogP contribution in [-0.4, -0.2) is 17.7 Å². The summed E-state index contributed by atoms with van der Waals surface area (Å²) in [6.45, 7) is 0. The number of alkyl halides is 5. The molecule has 0 aromatic heterocycles. The van der Waals surface area contributed by atoms with Crippen molar-refractivity contribution < 1.29 is 22.4 Å². The van der Waals surface area contributed by atoms with E-state index in [1.165, 1.54) is 0 Å². The van der Waals surface area contributed by atoms with E-state index in [0.717, 1.165) is 0 Å². The standard InChI is InChI=1S/C4H4ClF4NO/c5-2(6)1(3(10)11)4(7,8)9/h1-2H,(H2,10,11). The molecule has 0 radical (unpaired) electrons. The Bertz CT molecular complexity index is 157. The van der Waals surface area contributed by atoms with Crippen molar-refractivity contribution in [2.24, 2.45) is 11.7 Å². The lowest BCUT2D eigenvalue weighted by molar-refractivity contribution is -0.186. The molecule has 2 atom stereocenters. The fraction of sp³-hybridized carbons (Fsp3) is 0.750. The molecule has 0 aromatic rings. The van der Waals surface area contributed by atoms with Gasteiger partial charge in [0.15, 0.2) is 11.5 Å². The van der Waals surface area contributed by atoms with E-state index in [9.17, 15) is 22.4 Å². The third-order valence-electron chi connectivity index (χ3n) is 0.911. The second kappa shape index (κ2) is 3.25. The summed E-state index contributed by atoms with van der Waals surface area (Å²) in [6.07, 6.45) is -5.02. The summed E-state index contributed by atoms with van der Waals surface area (Å²) < 4.78 is 46.6. The first kappa shape index (κ1) is 10.5. The minimum Gasteiger partial charge on any atom is -0.369 e. The number of amides is 1. The minimum atomic E-state index is -5.02. The van der Waals surface area contributed by atoms with Crippen molar-refractivity contribution in [1.29, 1.82) is 0 Å². The van der Waals surface area contributed by atoms with Crippen molar-refractivity contribution in [2.45, 2.75) is 11.8 Å². The average Bonchev–Trinajstić information content (AvgIpc) is 1.54. The lowest BCUT2D eigenvalue weighted by atomic mass is 10.1. The van der Waals surface area contributed by atoms with E-state index in [-0.39, 0.29) is 0 Å². The summed E-state index contributed by atoms with van der Waals surface area (Å²) in [6, 6.07) is 0. The van der Waals surface area contributed by atoms with Gasteiger partial charge >= 0.3 is 6.18 Å².